The van der Waals surface area contributed by atoms with Crippen molar-refractivity contribution < 1.29 is 13.6 Å². The number of rotatable bonds is 4. The van der Waals surface area contributed by atoms with Gasteiger partial charge in [-0.25, -0.2) is 8.78 Å². The number of carbonyl (C=O) groups is 1. The van der Waals surface area contributed by atoms with E-state index in [0.717, 1.165) is 18.2 Å². The Bertz CT molecular complexity index is 382. The molecule has 0 atom stereocenters. The smallest absolute Gasteiger partial charge is 0.236 e. The van der Waals surface area contributed by atoms with E-state index >= 15 is 0 Å². The van der Waals surface area contributed by atoms with E-state index < -0.39 is 11.6 Å². The van der Waals surface area contributed by atoms with Crippen molar-refractivity contribution in [1.29, 1.82) is 0 Å². The summed E-state index contributed by atoms with van der Waals surface area (Å²) in [6.45, 7) is 0.234. The van der Waals surface area contributed by atoms with Gasteiger partial charge >= 0.3 is 0 Å². The van der Waals surface area contributed by atoms with Crippen molar-refractivity contribution in [1.82, 2.24) is 10.2 Å². The van der Waals surface area contributed by atoms with Crippen molar-refractivity contribution >= 4 is 5.91 Å². The zero-order valence-corrected chi connectivity index (χ0v) is 9.26. The minimum absolute atomic E-state index is 0.0596. The van der Waals surface area contributed by atoms with Crippen LogP contribution in [0.5, 0.6) is 0 Å². The highest BCUT2D eigenvalue weighted by Crippen LogP contribution is 2.11. The first kappa shape index (κ1) is 12.6. The molecule has 0 spiro atoms. The van der Waals surface area contributed by atoms with E-state index in [9.17, 15) is 13.6 Å². The lowest BCUT2D eigenvalue weighted by Gasteiger charge is -2.17. The molecule has 0 saturated heterocycles. The third kappa shape index (κ3) is 3.27. The molecular formula is C11H14F2N2O. The Labute approximate surface area is 93.1 Å². The number of halogens is 2. The Kier molecular flexibility index (Phi) is 4.37. The molecule has 0 bridgehead atoms. The molecule has 0 heterocycles. The van der Waals surface area contributed by atoms with E-state index in [-0.39, 0.29) is 24.6 Å². The molecule has 0 aliphatic heterocycles. The molecule has 0 radical (unpaired) electrons. The number of amides is 1. The van der Waals surface area contributed by atoms with Gasteiger partial charge in [-0.05, 0) is 25.2 Å². The highest BCUT2D eigenvalue weighted by molar-refractivity contribution is 5.77. The summed E-state index contributed by atoms with van der Waals surface area (Å²) in [5, 5.41) is 2.70. The molecule has 0 fully saturated rings. The van der Waals surface area contributed by atoms with Crippen LogP contribution in [0.4, 0.5) is 8.78 Å². The number of carbonyl (C=O) groups excluding carboxylic acids is 1. The summed E-state index contributed by atoms with van der Waals surface area (Å²) in [6.07, 6.45) is 0. The van der Waals surface area contributed by atoms with E-state index in [2.05, 4.69) is 5.32 Å². The van der Waals surface area contributed by atoms with Gasteiger partial charge < -0.3 is 10.2 Å². The fraction of sp³-hybridized carbons (Fsp3) is 0.364. The molecule has 0 saturated carbocycles. The molecule has 0 aliphatic rings. The largest absolute Gasteiger partial charge is 0.340 e. The summed E-state index contributed by atoms with van der Waals surface area (Å²) in [5.41, 5.74) is 0.173. The van der Waals surface area contributed by atoms with Crippen molar-refractivity contribution in [3.63, 3.8) is 0 Å². The van der Waals surface area contributed by atoms with Crippen LogP contribution in [0.3, 0.4) is 0 Å². The summed E-state index contributed by atoms with van der Waals surface area (Å²) in [7, 11) is 3.19. The van der Waals surface area contributed by atoms with Crippen LogP contribution in [0.2, 0.25) is 0 Å². The first-order valence-corrected chi connectivity index (χ1v) is 4.87. The molecule has 1 rings (SSSR count). The topological polar surface area (TPSA) is 32.3 Å². The predicted octanol–water partition coefficient (Wildman–Crippen LogP) is 1.14. The summed E-state index contributed by atoms with van der Waals surface area (Å²) >= 11 is 0. The lowest BCUT2D eigenvalue weighted by Crippen LogP contribution is -2.33. The second-order valence-electron chi connectivity index (χ2n) is 3.52. The lowest BCUT2D eigenvalue weighted by atomic mass is 10.2. The van der Waals surface area contributed by atoms with Gasteiger partial charge in [0.05, 0.1) is 6.54 Å². The van der Waals surface area contributed by atoms with Crippen LogP contribution >= 0.6 is 0 Å². The number of likely N-dealkylation sites (N-methyl/N-ethyl adjacent to an activating group) is 2. The van der Waals surface area contributed by atoms with E-state index in [4.69, 9.17) is 0 Å². The van der Waals surface area contributed by atoms with Crippen molar-refractivity contribution in [2.24, 2.45) is 0 Å². The van der Waals surface area contributed by atoms with E-state index in [0.29, 0.717) is 0 Å². The second-order valence-corrected chi connectivity index (χ2v) is 3.52. The van der Waals surface area contributed by atoms with Crippen molar-refractivity contribution in [3.8, 4) is 0 Å². The Hall–Kier alpha value is -1.49. The first-order valence-electron chi connectivity index (χ1n) is 4.87. The maximum atomic E-state index is 13.3. The quantitative estimate of drug-likeness (QED) is 0.838. The van der Waals surface area contributed by atoms with Gasteiger partial charge in [-0.2, -0.15) is 0 Å². The van der Waals surface area contributed by atoms with Crippen molar-refractivity contribution in [2.45, 2.75) is 6.54 Å². The fourth-order valence-electron chi connectivity index (χ4n) is 1.29. The molecule has 0 aliphatic carbocycles. The molecule has 5 heteroatoms. The zero-order chi connectivity index (χ0) is 12.1. The molecular weight excluding hydrogens is 214 g/mol. The van der Waals surface area contributed by atoms with Crippen LogP contribution in [0.25, 0.3) is 0 Å². The first-order chi connectivity index (χ1) is 7.54. The third-order valence-corrected chi connectivity index (χ3v) is 2.17. The minimum Gasteiger partial charge on any atom is -0.340 e. The maximum absolute atomic E-state index is 13.3. The van der Waals surface area contributed by atoms with E-state index in [1.54, 1.807) is 14.1 Å². The monoisotopic (exact) mass is 228 g/mol. The highest BCUT2D eigenvalue weighted by atomic mass is 19.1. The summed E-state index contributed by atoms with van der Waals surface area (Å²) in [5.74, 6) is -1.19. The summed E-state index contributed by atoms with van der Waals surface area (Å²) in [6, 6.07) is 3.20. The Morgan fingerprint density at radius 1 is 1.44 bits per heavy atom. The lowest BCUT2D eigenvalue weighted by molar-refractivity contribution is -0.129. The molecule has 1 aromatic rings. The molecule has 1 aromatic carbocycles. The molecule has 1 N–H and O–H groups in total. The number of hydrogen-bond donors (Lipinski definition) is 1. The summed E-state index contributed by atoms with van der Waals surface area (Å²) < 4.78 is 26.1. The molecule has 88 valence electrons. The number of benzene rings is 1. The fourth-order valence-corrected chi connectivity index (χ4v) is 1.29. The van der Waals surface area contributed by atoms with Gasteiger partial charge in [0.2, 0.25) is 5.91 Å². The Balaban J connectivity index is 2.72. The second kappa shape index (κ2) is 5.55. The Morgan fingerprint density at radius 2 is 2.12 bits per heavy atom. The minimum atomic E-state index is -0.509. The van der Waals surface area contributed by atoms with Gasteiger partial charge in [0.15, 0.2) is 0 Å². The van der Waals surface area contributed by atoms with Gasteiger partial charge in [0.1, 0.15) is 11.6 Å². The number of nitrogens with zero attached hydrogens (tertiary/aromatic N) is 1. The SMILES string of the molecule is CNCC(=O)N(C)Cc1cc(F)ccc1F. The van der Waals surface area contributed by atoms with Crippen molar-refractivity contribution in [3.05, 3.63) is 35.4 Å². The van der Waals surface area contributed by atoms with Crippen molar-refractivity contribution in [2.75, 3.05) is 20.6 Å². The predicted molar refractivity (Wildman–Crippen MR) is 56.8 cm³/mol. The molecule has 0 unspecified atom stereocenters. The van der Waals surface area contributed by atoms with Crippen LogP contribution in [-0.4, -0.2) is 31.4 Å². The normalized spacial score (nSPS) is 10.2. The standard InChI is InChI=1S/C11H14F2N2O/c1-14-6-11(16)15(2)7-8-5-9(12)3-4-10(8)13/h3-5,14H,6-7H2,1-2H3. The van der Waals surface area contributed by atoms with Gasteiger partial charge in [-0.15, -0.1) is 0 Å². The van der Waals surface area contributed by atoms with Gasteiger partial charge in [0, 0.05) is 19.2 Å². The maximum Gasteiger partial charge on any atom is 0.236 e. The highest BCUT2D eigenvalue weighted by Gasteiger charge is 2.11. The van der Waals surface area contributed by atoms with Crippen LogP contribution in [-0.2, 0) is 11.3 Å². The van der Waals surface area contributed by atoms with Crippen LogP contribution in [0, 0.1) is 11.6 Å². The van der Waals surface area contributed by atoms with Gasteiger partial charge in [0.25, 0.3) is 0 Å². The average molecular weight is 228 g/mol. The van der Waals surface area contributed by atoms with E-state index in [1.807, 2.05) is 0 Å². The third-order valence-electron chi connectivity index (χ3n) is 2.17. The van der Waals surface area contributed by atoms with Crippen LogP contribution in [0.1, 0.15) is 5.56 Å². The molecule has 0 aromatic heterocycles. The number of hydrogen-bond acceptors (Lipinski definition) is 2. The van der Waals surface area contributed by atoms with Crippen LogP contribution in [0.15, 0.2) is 18.2 Å². The zero-order valence-electron chi connectivity index (χ0n) is 9.26. The number of nitrogens with one attached hydrogen (secondary N) is 1. The van der Waals surface area contributed by atoms with Gasteiger partial charge in [-0.1, -0.05) is 0 Å². The van der Waals surface area contributed by atoms with Gasteiger partial charge in [-0.3, -0.25) is 4.79 Å². The molecule has 3 nitrogen and oxygen atoms in total. The molecule has 16 heavy (non-hydrogen) atoms. The average Bonchev–Trinajstić information content (AvgIpc) is 2.23. The summed E-state index contributed by atoms with van der Waals surface area (Å²) in [4.78, 5) is 12.7. The molecule has 1 amide bonds. The van der Waals surface area contributed by atoms with E-state index in [1.165, 1.54) is 4.90 Å². The Morgan fingerprint density at radius 3 is 2.75 bits per heavy atom. The van der Waals surface area contributed by atoms with Crippen LogP contribution < -0.4 is 5.32 Å².